The minimum atomic E-state index is -0.916. The average molecular weight is 515 g/mol. The Kier molecular flexibility index (Phi) is 7.52. The average Bonchev–Trinajstić information content (AvgIpc) is 3.14. The third kappa shape index (κ3) is 5.25. The molecule has 3 aromatic carbocycles. The van der Waals surface area contributed by atoms with Crippen LogP contribution in [0.15, 0.2) is 72.3 Å². The van der Waals surface area contributed by atoms with Crippen LogP contribution in [0.2, 0.25) is 0 Å². The van der Waals surface area contributed by atoms with E-state index in [0.717, 1.165) is 5.56 Å². The molecule has 2 N–H and O–H groups in total. The molecule has 4 rings (SSSR count). The molecule has 1 heterocycles. The molecule has 1 atom stereocenters. The molecule has 0 spiro atoms. The van der Waals surface area contributed by atoms with Gasteiger partial charge in [-0.2, -0.15) is 0 Å². The fourth-order valence-corrected chi connectivity index (χ4v) is 4.48. The summed E-state index contributed by atoms with van der Waals surface area (Å²) in [6, 6.07) is 17.8. The van der Waals surface area contributed by atoms with Crippen LogP contribution in [0.1, 0.15) is 43.5 Å². The van der Waals surface area contributed by atoms with Crippen LogP contribution >= 0.6 is 0 Å². The van der Waals surface area contributed by atoms with Crippen molar-refractivity contribution in [3.8, 4) is 11.5 Å². The first kappa shape index (κ1) is 26.5. The van der Waals surface area contributed by atoms with E-state index < -0.39 is 17.7 Å². The molecule has 3 aromatic rings. The summed E-state index contributed by atoms with van der Waals surface area (Å²) in [4.78, 5) is 39.8. The van der Waals surface area contributed by atoms with Gasteiger partial charge in [0.05, 0.1) is 24.8 Å². The number of nitrogens with one attached hydrogen (secondary N) is 1. The van der Waals surface area contributed by atoms with Gasteiger partial charge in [0.2, 0.25) is 5.91 Å². The molecule has 1 aliphatic rings. The van der Waals surface area contributed by atoms with E-state index in [9.17, 15) is 19.5 Å². The highest BCUT2D eigenvalue weighted by Gasteiger charge is 2.47. The van der Waals surface area contributed by atoms with Gasteiger partial charge in [-0.15, -0.1) is 0 Å². The Morgan fingerprint density at radius 2 is 1.74 bits per heavy atom. The second-order valence-corrected chi connectivity index (χ2v) is 9.32. The van der Waals surface area contributed by atoms with Gasteiger partial charge in [-0.1, -0.05) is 18.2 Å². The molecule has 8 heteroatoms. The van der Waals surface area contributed by atoms with Gasteiger partial charge in [-0.3, -0.25) is 19.3 Å². The third-order valence-corrected chi connectivity index (χ3v) is 6.13. The molecule has 1 saturated heterocycles. The van der Waals surface area contributed by atoms with Crippen LogP contribution in [0.25, 0.3) is 5.76 Å². The standard InChI is InChI=1S/C30H30N2O6/c1-17(2)38-25-14-11-21(15-18(25)3)28(34)26-27(20-9-12-24(37-5)13-10-20)32(30(36)29(26)35)23-8-6-7-22(16-23)31-19(4)33/h6-17,27,34H,1-5H3,(H,31,33)/b28-26+. The van der Waals surface area contributed by atoms with E-state index in [-0.39, 0.29) is 23.3 Å². The maximum Gasteiger partial charge on any atom is 0.300 e. The summed E-state index contributed by atoms with van der Waals surface area (Å²) in [6.45, 7) is 7.08. The van der Waals surface area contributed by atoms with Crippen molar-refractivity contribution in [2.24, 2.45) is 0 Å². The number of aliphatic hydroxyl groups excluding tert-OH is 1. The number of hydrogen-bond acceptors (Lipinski definition) is 6. The lowest BCUT2D eigenvalue weighted by Crippen LogP contribution is -2.29. The van der Waals surface area contributed by atoms with Crippen molar-refractivity contribution >= 4 is 34.7 Å². The van der Waals surface area contributed by atoms with E-state index in [1.165, 1.54) is 11.8 Å². The van der Waals surface area contributed by atoms with E-state index in [4.69, 9.17) is 9.47 Å². The summed E-state index contributed by atoms with van der Waals surface area (Å²) in [5.74, 6) is -0.884. The minimum Gasteiger partial charge on any atom is -0.507 e. The van der Waals surface area contributed by atoms with Crippen LogP contribution in [-0.4, -0.2) is 35.9 Å². The number of rotatable bonds is 7. The number of anilines is 2. The predicted octanol–water partition coefficient (Wildman–Crippen LogP) is 5.38. The third-order valence-electron chi connectivity index (χ3n) is 6.13. The normalized spacial score (nSPS) is 16.6. The number of nitrogens with zero attached hydrogens (tertiary/aromatic N) is 1. The van der Waals surface area contributed by atoms with E-state index in [1.807, 2.05) is 20.8 Å². The fraction of sp³-hybridized carbons (Fsp3) is 0.233. The molecule has 0 bridgehead atoms. The summed E-state index contributed by atoms with van der Waals surface area (Å²) < 4.78 is 11.1. The second-order valence-electron chi connectivity index (χ2n) is 9.32. The van der Waals surface area contributed by atoms with Gasteiger partial charge in [0, 0.05) is 23.9 Å². The predicted molar refractivity (Wildman–Crippen MR) is 145 cm³/mol. The maximum absolute atomic E-state index is 13.4. The zero-order chi connectivity index (χ0) is 27.6. The monoisotopic (exact) mass is 514 g/mol. The van der Waals surface area contributed by atoms with Gasteiger partial charge in [0.25, 0.3) is 11.7 Å². The van der Waals surface area contributed by atoms with Gasteiger partial charge in [0.1, 0.15) is 17.3 Å². The van der Waals surface area contributed by atoms with Crippen LogP contribution in [0.5, 0.6) is 11.5 Å². The van der Waals surface area contributed by atoms with Crippen LogP contribution in [0.3, 0.4) is 0 Å². The molecule has 8 nitrogen and oxygen atoms in total. The van der Waals surface area contributed by atoms with Crippen molar-refractivity contribution in [2.75, 3.05) is 17.3 Å². The quantitative estimate of drug-likeness (QED) is 0.249. The van der Waals surface area contributed by atoms with Crippen molar-refractivity contribution < 1.29 is 29.0 Å². The molecule has 0 aliphatic carbocycles. The number of hydrogen-bond donors (Lipinski definition) is 2. The van der Waals surface area contributed by atoms with E-state index in [2.05, 4.69) is 5.32 Å². The SMILES string of the molecule is COc1ccc(C2/C(=C(\O)c3ccc(OC(C)C)c(C)c3)C(=O)C(=O)N2c2cccc(NC(C)=O)c2)cc1. The second kappa shape index (κ2) is 10.8. The van der Waals surface area contributed by atoms with Crippen molar-refractivity contribution in [3.63, 3.8) is 0 Å². The zero-order valence-electron chi connectivity index (χ0n) is 21.9. The van der Waals surface area contributed by atoms with Crippen LogP contribution < -0.4 is 19.7 Å². The Bertz CT molecular complexity index is 1420. The van der Waals surface area contributed by atoms with Crippen molar-refractivity contribution in [1.29, 1.82) is 0 Å². The number of ether oxygens (including phenoxy) is 2. The molecule has 1 aliphatic heterocycles. The maximum atomic E-state index is 13.4. The van der Waals surface area contributed by atoms with Crippen molar-refractivity contribution in [2.45, 2.75) is 39.8 Å². The molecule has 0 aromatic heterocycles. The molecule has 38 heavy (non-hydrogen) atoms. The minimum absolute atomic E-state index is 0.0261. The Morgan fingerprint density at radius 3 is 2.34 bits per heavy atom. The molecule has 2 amide bonds. The number of aryl methyl sites for hydroxylation is 1. The highest BCUT2D eigenvalue weighted by atomic mass is 16.5. The highest BCUT2D eigenvalue weighted by Crippen LogP contribution is 2.43. The lowest BCUT2D eigenvalue weighted by Gasteiger charge is -2.26. The first-order valence-electron chi connectivity index (χ1n) is 12.2. The van der Waals surface area contributed by atoms with Crippen LogP contribution in [-0.2, 0) is 14.4 Å². The summed E-state index contributed by atoms with van der Waals surface area (Å²) in [5, 5.41) is 14.1. The Balaban J connectivity index is 1.88. The molecule has 1 unspecified atom stereocenters. The van der Waals surface area contributed by atoms with Crippen molar-refractivity contribution in [3.05, 3.63) is 89.0 Å². The molecule has 0 saturated carbocycles. The zero-order valence-corrected chi connectivity index (χ0v) is 21.9. The summed E-state index contributed by atoms with van der Waals surface area (Å²) in [7, 11) is 1.55. The number of aliphatic hydroxyl groups is 1. The summed E-state index contributed by atoms with van der Waals surface area (Å²) in [5.41, 5.74) is 2.61. The number of ketones is 1. The number of methoxy groups -OCH3 is 1. The van der Waals surface area contributed by atoms with Gasteiger partial charge >= 0.3 is 0 Å². The summed E-state index contributed by atoms with van der Waals surface area (Å²) >= 11 is 0. The fourth-order valence-electron chi connectivity index (χ4n) is 4.48. The Hall–Kier alpha value is -4.59. The Labute approximate surface area is 221 Å². The lowest BCUT2D eigenvalue weighted by atomic mass is 9.94. The van der Waals surface area contributed by atoms with Gasteiger partial charge in [-0.05, 0) is 80.4 Å². The van der Waals surface area contributed by atoms with Crippen LogP contribution in [0, 0.1) is 6.92 Å². The van der Waals surface area contributed by atoms with Gasteiger partial charge in [0.15, 0.2) is 0 Å². The molecule has 196 valence electrons. The molecular formula is C30H30N2O6. The first-order valence-corrected chi connectivity index (χ1v) is 12.2. The van der Waals surface area contributed by atoms with Gasteiger partial charge in [-0.25, -0.2) is 0 Å². The number of carbonyl (C=O) groups excluding carboxylic acids is 3. The topological polar surface area (TPSA) is 105 Å². The van der Waals surface area contributed by atoms with E-state index in [1.54, 1.807) is 73.8 Å². The molecular weight excluding hydrogens is 484 g/mol. The smallest absolute Gasteiger partial charge is 0.300 e. The molecule has 1 fully saturated rings. The lowest BCUT2D eigenvalue weighted by molar-refractivity contribution is -0.132. The number of amides is 2. The number of benzene rings is 3. The number of carbonyl (C=O) groups is 3. The van der Waals surface area contributed by atoms with E-state index >= 15 is 0 Å². The first-order chi connectivity index (χ1) is 18.1. The van der Waals surface area contributed by atoms with Gasteiger partial charge < -0.3 is 19.9 Å². The highest BCUT2D eigenvalue weighted by molar-refractivity contribution is 6.51. The Morgan fingerprint density at radius 1 is 1.03 bits per heavy atom. The van der Waals surface area contributed by atoms with E-state index in [0.29, 0.717) is 34.0 Å². The summed E-state index contributed by atoms with van der Waals surface area (Å²) in [6.07, 6.45) is -0.0261. The number of Topliss-reactive ketones (excluding diaryl/α,β-unsaturated/α-hetero) is 1. The van der Waals surface area contributed by atoms with Crippen LogP contribution in [0.4, 0.5) is 11.4 Å². The van der Waals surface area contributed by atoms with Crippen molar-refractivity contribution in [1.82, 2.24) is 0 Å². The molecule has 0 radical (unpaired) electrons. The largest absolute Gasteiger partial charge is 0.507 e.